The molecule has 0 saturated heterocycles. The molecule has 2 N–H and O–H groups in total. The number of nitrogens with zero attached hydrogens (tertiary/aromatic N) is 2. The largest absolute Gasteiger partial charge is 0.347 e. The zero-order valence-corrected chi connectivity index (χ0v) is 14.7. The number of anilines is 2. The Balaban J connectivity index is 2.00. The second-order valence-electron chi connectivity index (χ2n) is 6.19. The number of para-hydroxylation sites is 1. The molecule has 5 nitrogen and oxygen atoms in total. The van der Waals surface area contributed by atoms with Gasteiger partial charge in [-0.25, -0.2) is 9.97 Å². The van der Waals surface area contributed by atoms with E-state index >= 15 is 0 Å². The Bertz CT molecular complexity index is 890. The number of hydrogen-bond donors (Lipinski definition) is 2. The predicted octanol–water partition coefficient (Wildman–Crippen LogP) is 4.21. The molecule has 2 aromatic carbocycles. The third-order valence-corrected chi connectivity index (χ3v) is 4.11. The zero-order chi connectivity index (χ0) is 17.8. The van der Waals surface area contributed by atoms with E-state index in [4.69, 9.17) is 0 Å². The van der Waals surface area contributed by atoms with Crippen molar-refractivity contribution in [2.75, 3.05) is 5.32 Å². The highest BCUT2D eigenvalue weighted by molar-refractivity contribution is 5.97. The van der Waals surface area contributed by atoms with Gasteiger partial charge in [-0.2, -0.15) is 0 Å². The fourth-order valence-electron chi connectivity index (χ4n) is 2.44. The summed E-state index contributed by atoms with van der Waals surface area (Å²) in [6.07, 6.45) is 0.855. The van der Waals surface area contributed by atoms with Crippen molar-refractivity contribution in [2.24, 2.45) is 0 Å². The maximum Gasteiger partial charge on any atom is 0.289 e. The fourth-order valence-corrected chi connectivity index (χ4v) is 2.44. The number of carbonyl (C=O) groups is 1. The number of aryl methyl sites for hydroxylation is 1. The lowest BCUT2D eigenvalue weighted by Crippen LogP contribution is -2.33. The molecule has 1 amide bonds. The average molecular weight is 334 g/mol. The van der Waals surface area contributed by atoms with Gasteiger partial charge in [0.15, 0.2) is 0 Å². The Morgan fingerprint density at radius 2 is 1.80 bits per heavy atom. The van der Waals surface area contributed by atoms with Gasteiger partial charge in [0.05, 0.1) is 5.52 Å². The van der Waals surface area contributed by atoms with E-state index in [0.29, 0.717) is 5.82 Å². The van der Waals surface area contributed by atoms with Gasteiger partial charge in [0.25, 0.3) is 5.91 Å². The first-order valence-corrected chi connectivity index (χ1v) is 8.48. The summed E-state index contributed by atoms with van der Waals surface area (Å²) in [4.78, 5) is 21.3. The molecule has 0 aliphatic carbocycles. The Morgan fingerprint density at radius 3 is 2.52 bits per heavy atom. The van der Waals surface area contributed by atoms with Gasteiger partial charge in [-0.3, -0.25) is 4.79 Å². The molecule has 25 heavy (non-hydrogen) atoms. The van der Waals surface area contributed by atoms with Crippen LogP contribution in [0.4, 0.5) is 11.5 Å². The van der Waals surface area contributed by atoms with Gasteiger partial charge >= 0.3 is 0 Å². The fraction of sp³-hybridized carbons (Fsp3) is 0.250. The minimum absolute atomic E-state index is 0.0797. The molecular weight excluding hydrogens is 312 g/mol. The number of rotatable bonds is 5. The summed E-state index contributed by atoms with van der Waals surface area (Å²) in [7, 11) is 0. The molecule has 5 heteroatoms. The normalized spacial score (nSPS) is 12.0. The van der Waals surface area contributed by atoms with E-state index in [0.717, 1.165) is 23.0 Å². The number of hydrogen-bond acceptors (Lipinski definition) is 4. The van der Waals surface area contributed by atoms with Gasteiger partial charge < -0.3 is 10.6 Å². The number of benzene rings is 2. The number of carbonyl (C=O) groups excluding carboxylic acids is 1. The van der Waals surface area contributed by atoms with Gasteiger partial charge in [0.1, 0.15) is 5.82 Å². The van der Waals surface area contributed by atoms with E-state index in [9.17, 15) is 4.79 Å². The minimum Gasteiger partial charge on any atom is -0.347 e. The highest BCUT2D eigenvalue weighted by atomic mass is 16.2. The van der Waals surface area contributed by atoms with Gasteiger partial charge in [-0.15, -0.1) is 0 Å². The molecule has 0 fully saturated rings. The molecule has 1 atom stereocenters. The lowest BCUT2D eigenvalue weighted by Gasteiger charge is -2.13. The summed E-state index contributed by atoms with van der Waals surface area (Å²) in [5.41, 5.74) is 2.84. The molecule has 0 unspecified atom stereocenters. The van der Waals surface area contributed by atoms with Crippen molar-refractivity contribution in [1.29, 1.82) is 0 Å². The standard InChI is InChI=1S/C20H22N4O/c1-4-14(3)21-20(25)19-23-17-8-6-5-7-16(17)18(24-19)22-15-11-9-13(2)10-12-15/h5-12,14H,4H2,1-3H3,(H,21,25)(H,22,23,24)/t14-/m1/s1. The SMILES string of the molecule is CC[C@@H](C)NC(=O)c1nc(Nc2ccc(C)cc2)c2ccccc2n1. The van der Waals surface area contributed by atoms with Crippen LogP contribution in [0.15, 0.2) is 48.5 Å². The summed E-state index contributed by atoms with van der Waals surface area (Å²) < 4.78 is 0. The number of fused-ring (bicyclic) bond motifs is 1. The van der Waals surface area contributed by atoms with E-state index in [1.807, 2.05) is 69.3 Å². The lowest BCUT2D eigenvalue weighted by molar-refractivity contribution is 0.0929. The van der Waals surface area contributed by atoms with Crippen LogP contribution in [0.25, 0.3) is 10.9 Å². The highest BCUT2D eigenvalue weighted by Crippen LogP contribution is 2.24. The Kier molecular flexibility index (Phi) is 4.93. The van der Waals surface area contributed by atoms with Crippen molar-refractivity contribution in [1.82, 2.24) is 15.3 Å². The van der Waals surface area contributed by atoms with Gasteiger partial charge in [0, 0.05) is 17.1 Å². The van der Waals surface area contributed by atoms with Crippen molar-refractivity contribution in [2.45, 2.75) is 33.2 Å². The summed E-state index contributed by atoms with van der Waals surface area (Å²) >= 11 is 0. The van der Waals surface area contributed by atoms with Crippen molar-refractivity contribution >= 4 is 28.3 Å². The van der Waals surface area contributed by atoms with E-state index in [1.54, 1.807) is 0 Å². The maximum absolute atomic E-state index is 12.4. The predicted molar refractivity (Wildman–Crippen MR) is 101 cm³/mol. The first-order chi connectivity index (χ1) is 12.1. The molecule has 3 rings (SSSR count). The van der Waals surface area contributed by atoms with Crippen LogP contribution in [0, 0.1) is 6.92 Å². The van der Waals surface area contributed by atoms with Gasteiger partial charge in [0.2, 0.25) is 5.82 Å². The summed E-state index contributed by atoms with van der Waals surface area (Å²) in [6.45, 7) is 6.03. The lowest BCUT2D eigenvalue weighted by atomic mass is 10.2. The first kappa shape index (κ1) is 16.9. The van der Waals surface area contributed by atoms with Crippen LogP contribution in [0.2, 0.25) is 0 Å². The molecule has 0 saturated carbocycles. The second-order valence-corrected chi connectivity index (χ2v) is 6.19. The Labute approximate surface area is 147 Å². The van der Waals surface area contributed by atoms with E-state index in [-0.39, 0.29) is 17.8 Å². The van der Waals surface area contributed by atoms with Crippen LogP contribution >= 0.6 is 0 Å². The smallest absolute Gasteiger partial charge is 0.289 e. The Hall–Kier alpha value is -2.95. The molecule has 0 bridgehead atoms. The third kappa shape index (κ3) is 3.94. The van der Waals surface area contributed by atoms with E-state index in [1.165, 1.54) is 5.56 Å². The quantitative estimate of drug-likeness (QED) is 0.733. The molecule has 0 aliphatic heterocycles. The van der Waals surface area contributed by atoms with Crippen LogP contribution in [0.5, 0.6) is 0 Å². The minimum atomic E-state index is -0.257. The topological polar surface area (TPSA) is 66.9 Å². The van der Waals surface area contributed by atoms with Crippen molar-refractivity contribution in [3.8, 4) is 0 Å². The third-order valence-electron chi connectivity index (χ3n) is 4.11. The van der Waals surface area contributed by atoms with Crippen LogP contribution in [-0.2, 0) is 0 Å². The number of nitrogens with one attached hydrogen (secondary N) is 2. The van der Waals surface area contributed by atoms with Crippen LogP contribution < -0.4 is 10.6 Å². The molecule has 1 heterocycles. The maximum atomic E-state index is 12.4. The van der Waals surface area contributed by atoms with E-state index in [2.05, 4.69) is 20.6 Å². The van der Waals surface area contributed by atoms with Crippen LogP contribution in [0.3, 0.4) is 0 Å². The first-order valence-electron chi connectivity index (χ1n) is 8.48. The van der Waals surface area contributed by atoms with Gasteiger partial charge in [-0.05, 0) is 44.5 Å². The molecule has 128 valence electrons. The summed E-state index contributed by atoms with van der Waals surface area (Å²) in [5, 5.41) is 7.10. The Morgan fingerprint density at radius 1 is 1.08 bits per heavy atom. The van der Waals surface area contributed by atoms with Crippen LogP contribution in [0.1, 0.15) is 36.5 Å². The molecule has 1 aromatic heterocycles. The molecule has 0 radical (unpaired) electrons. The average Bonchev–Trinajstić information content (AvgIpc) is 2.63. The van der Waals surface area contributed by atoms with Crippen molar-refractivity contribution in [3.05, 3.63) is 59.9 Å². The van der Waals surface area contributed by atoms with Gasteiger partial charge in [-0.1, -0.05) is 36.8 Å². The van der Waals surface area contributed by atoms with Crippen molar-refractivity contribution in [3.63, 3.8) is 0 Å². The number of amides is 1. The van der Waals surface area contributed by atoms with Crippen molar-refractivity contribution < 1.29 is 4.79 Å². The second kappa shape index (κ2) is 7.30. The monoisotopic (exact) mass is 334 g/mol. The van der Waals surface area contributed by atoms with E-state index < -0.39 is 0 Å². The molecule has 0 spiro atoms. The van der Waals surface area contributed by atoms with Crippen LogP contribution in [-0.4, -0.2) is 21.9 Å². The molecule has 3 aromatic rings. The highest BCUT2D eigenvalue weighted by Gasteiger charge is 2.15. The summed E-state index contributed by atoms with van der Waals surface area (Å²) in [5.74, 6) is 0.546. The zero-order valence-electron chi connectivity index (χ0n) is 14.7. The summed E-state index contributed by atoms with van der Waals surface area (Å²) in [6, 6.07) is 15.8. The number of aromatic nitrogens is 2. The molecule has 0 aliphatic rings. The molecular formula is C20H22N4O.